The van der Waals surface area contributed by atoms with Crippen molar-refractivity contribution in [3.05, 3.63) is 63.2 Å². The minimum absolute atomic E-state index is 0.00115. The van der Waals surface area contributed by atoms with Crippen molar-refractivity contribution in [2.75, 3.05) is 0 Å². The molecule has 1 heterocycles. The molecule has 1 aromatic rings. The Morgan fingerprint density at radius 1 is 1.27 bits per heavy atom. The van der Waals surface area contributed by atoms with Crippen LogP contribution in [0, 0.1) is 10.1 Å². The first-order chi connectivity index (χ1) is 12.3. The number of nitrogens with zero attached hydrogens (tertiary/aromatic N) is 1. The van der Waals surface area contributed by atoms with Gasteiger partial charge in [-0.2, -0.15) is 0 Å². The molecule has 26 heavy (non-hydrogen) atoms. The summed E-state index contributed by atoms with van der Waals surface area (Å²) in [4.78, 5) is 45.6. The summed E-state index contributed by atoms with van der Waals surface area (Å²) in [6.45, 7) is 1.86. The smallest absolute Gasteiger partial charge is 0.295 e. The summed E-state index contributed by atoms with van der Waals surface area (Å²) in [5, 5.41) is 10.8. The van der Waals surface area contributed by atoms with Gasteiger partial charge in [-0.1, -0.05) is 12.1 Å². The lowest BCUT2D eigenvalue weighted by molar-refractivity contribution is -0.384. The van der Waals surface area contributed by atoms with Gasteiger partial charge in [-0.05, 0) is 24.6 Å². The van der Waals surface area contributed by atoms with Crippen molar-refractivity contribution >= 4 is 23.7 Å². The number of hydrogen-bond donors (Lipinski definition) is 0. The van der Waals surface area contributed by atoms with E-state index in [2.05, 4.69) is 0 Å². The van der Waals surface area contributed by atoms with Gasteiger partial charge in [-0.25, -0.2) is 0 Å². The summed E-state index contributed by atoms with van der Waals surface area (Å²) in [6.07, 6.45) is 1.57. The normalized spacial score (nSPS) is 25.0. The van der Waals surface area contributed by atoms with Gasteiger partial charge < -0.3 is 9.47 Å². The lowest BCUT2D eigenvalue weighted by Gasteiger charge is -2.40. The largest absolute Gasteiger partial charge is 0.438 e. The van der Waals surface area contributed by atoms with Crippen LogP contribution >= 0.6 is 0 Å². The van der Waals surface area contributed by atoms with Crippen molar-refractivity contribution in [3.8, 4) is 0 Å². The summed E-state index contributed by atoms with van der Waals surface area (Å²) in [7, 11) is 0. The van der Waals surface area contributed by atoms with Crippen molar-refractivity contribution in [1.29, 1.82) is 0 Å². The van der Waals surface area contributed by atoms with E-state index in [9.17, 15) is 24.5 Å². The maximum absolute atomic E-state index is 12.4. The predicted molar refractivity (Wildman–Crippen MR) is 88.0 cm³/mol. The number of carbonyl (C=O) groups is 3. The third-order valence-electron chi connectivity index (χ3n) is 4.42. The van der Waals surface area contributed by atoms with Gasteiger partial charge in [0.1, 0.15) is 5.60 Å². The summed E-state index contributed by atoms with van der Waals surface area (Å²) in [6, 6.07) is 5.82. The molecule has 3 rings (SSSR count). The number of nitro groups is 1. The summed E-state index contributed by atoms with van der Waals surface area (Å²) in [5.74, 6) is -0.661. The first-order valence-corrected chi connectivity index (χ1v) is 7.84. The van der Waals surface area contributed by atoms with E-state index in [1.54, 1.807) is 19.1 Å². The SMILES string of the molecule is C[C@@]1(Cc2ccc([N+](=O)[O-])cc2)O[C@@H](OC=O)CC2=C1C(=O)C=CC2=O. The van der Waals surface area contributed by atoms with Crippen molar-refractivity contribution in [2.45, 2.75) is 31.7 Å². The van der Waals surface area contributed by atoms with Crippen molar-refractivity contribution in [2.24, 2.45) is 0 Å². The van der Waals surface area contributed by atoms with E-state index in [-0.39, 0.29) is 47.7 Å². The van der Waals surface area contributed by atoms with Crippen molar-refractivity contribution < 1.29 is 28.8 Å². The van der Waals surface area contributed by atoms with Crippen LogP contribution in [0.15, 0.2) is 47.6 Å². The molecule has 8 heteroatoms. The molecular formula is C18H15NO7. The number of benzene rings is 1. The van der Waals surface area contributed by atoms with Crippen LogP contribution < -0.4 is 0 Å². The molecule has 2 aliphatic rings. The van der Waals surface area contributed by atoms with Crippen molar-refractivity contribution in [3.63, 3.8) is 0 Å². The molecule has 0 N–H and O–H groups in total. The van der Waals surface area contributed by atoms with Gasteiger partial charge in [0.05, 0.1) is 4.92 Å². The molecule has 0 spiro atoms. The number of rotatable bonds is 5. The van der Waals surface area contributed by atoms with E-state index in [1.165, 1.54) is 24.3 Å². The molecule has 0 amide bonds. The zero-order valence-electron chi connectivity index (χ0n) is 13.8. The Morgan fingerprint density at radius 2 is 1.92 bits per heavy atom. The number of hydrogen-bond acceptors (Lipinski definition) is 7. The molecule has 0 aromatic heterocycles. The highest BCUT2D eigenvalue weighted by Crippen LogP contribution is 2.39. The van der Waals surface area contributed by atoms with Gasteiger partial charge in [0.2, 0.25) is 6.29 Å². The number of non-ortho nitro benzene ring substituents is 1. The average molecular weight is 357 g/mol. The Morgan fingerprint density at radius 3 is 2.54 bits per heavy atom. The molecule has 1 aromatic carbocycles. The molecule has 1 aliphatic heterocycles. The Balaban J connectivity index is 1.99. The van der Waals surface area contributed by atoms with Crippen LogP contribution in [-0.2, 0) is 30.3 Å². The van der Waals surface area contributed by atoms with E-state index in [1.807, 2.05) is 0 Å². The van der Waals surface area contributed by atoms with Crippen LogP contribution in [0.25, 0.3) is 0 Å². The maximum Gasteiger partial charge on any atom is 0.295 e. The number of nitro benzene ring substituents is 1. The first kappa shape index (κ1) is 17.7. The number of ketones is 2. The molecule has 1 aliphatic carbocycles. The van der Waals surface area contributed by atoms with Gasteiger partial charge in [-0.3, -0.25) is 24.5 Å². The van der Waals surface area contributed by atoms with Gasteiger partial charge in [-0.15, -0.1) is 0 Å². The highest BCUT2D eigenvalue weighted by molar-refractivity contribution is 6.21. The summed E-state index contributed by atoms with van der Waals surface area (Å²) >= 11 is 0. The van der Waals surface area contributed by atoms with E-state index in [4.69, 9.17) is 9.47 Å². The van der Waals surface area contributed by atoms with Gasteiger partial charge >= 0.3 is 0 Å². The zero-order chi connectivity index (χ0) is 18.9. The number of allylic oxidation sites excluding steroid dienone is 2. The molecule has 0 radical (unpaired) electrons. The molecule has 0 bridgehead atoms. The molecule has 0 fully saturated rings. The predicted octanol–water partition coefficient (Wildman–Crippen LogP) is 1.82. The monoisotopic (exact) mass is 357 g/mol. The van der Waals surface area contributed by atoms with Crippen LogP contribution in [0.4, 0.5) is 5.69 Å². The fourth-order valence-electron chi connectivity index (χ4n) is 3.34. The highest BCUT2D eigenvalue weighted by atomic mass is 16.7. The third kappa shape index (κ3) is 3.18. The lowest BCUT2D eigenvalue weighted by Crippen LogP contribution is -2.47. The second kappa shape index (κ2) is 6.64. The first-order valence-electron chi connectivity index (χ1n) is 7.84. The minimum atomic E-state index is -1.21. The summed E-state index contributed by atoms with van der Waals surface area (Å²) in [5.41, 5.74) is -0.104. The zero-order valence-corrected chi connectivity index (χ0v) is 13.8. The number of carbonyl (C=O) groups excluding carboxylic acids is 3. The molecule has 2 atom stereocenters. The Hall–Kier alpha value is -3.13. The minimum Gasteiger partial charge on any atom is -0.438 e. The Bertz CT molecular complexity index is 853. The van der Waals surface area contributed by atoms with Crippen LogP contribution in [0.5, 0.6) is 0 Å². The van der Waals surface area contributed by atoms with Crippen LogP contribution in [0.3, 0.4) is 0 Å². The molecular weight excluding hydrogens is 342 g/mol. The topological polar surface area (TPSA) is 113 Å². The van der Waals surface area contributed by atoms with Gasteiger partial charge in [0.25, 0.3) is 12.2 Å². The van der Waals surface area contributed by atoms with Gasteiger partial charge in [0, 0.05) is 36.1 Å². The van der Waals surface area contributed by atoms with Crippen molar-refractivity contribution in [1.82, 2.24) is 0 Å². The standard InChI is InChI=1S/C18H15NO7/c1-18(9-11-2-4-12(5-3-11)19(23)24)17-13(8-16(26-18)25-10-20)14(21)6-7-15(17)22/h2-7,10,16H,8-9H2,1H3/t16-,18+/m1/s1. The molecule has 8 nitrogen and oxygen atoms in total. The number of ether oxygens (including phenoxy) is 2. The van der Waals surface area contributed by atoms with E-state index >= 15 is 0 Å². The van der Waals surface area contributed by atoms with E-state index in [0.29, 0.717) is 5.56 Å². The molecule has 0 unspecified atom stereocenters. The van der Waals surface area contributed by atoms with Crippen LogP contribution in [0.1, 0.15) is 18.9 Å². The van der Waals surface area contributed by atoms with Gasteiger partial charge in [0.15, 0.2) is 11.6 Å². The third-order valence-corrected chi connectivity index (χ3v) is 4.42. The quantitative estimate of drug-likeness (QED) is 0.342. The molecule has 134 valence electrons. The molecule has 0 saturated carbocycles. The van der Waals surface area contributed by atoms with Crippen LogP contribution in [-0.4, -0.2) is 34.9 Å². The fraction of sp³-hybridized carbons (Fsp3) is 0.278. The van der Waals surface area contributed by atoms with E-state index in [0.717, 1.165) is 0 Å². The Kier molecular flexibility index (Phi) is 4.52. The second-order valence-corrected chi connectivity index (χ2v) is 6.23. The lowest BCUT2D eigenvalue weighted by atomic mass is 9.77. The highest BCUT2D eigenvalue weighted by Gasteiger charge is 2.45. The summed E-state index contributed by atoms with van der Waals surface area (Å²) < 4.78 is 10.7. The molecule has 0 saturated heterocycles. The van der Waals surface area contributed by atoms with Crippen LogP contribution in [0.2, 0.25) is 0 Å². The average Bonchev–Trinajstić information content (AvgIpc) is 2.58. The fourth-order valence-corrected chi connectivity index (χ4v) is 3.34. The van der Waals surface area contributed by atoms with E-state index < -0.39 is 16.8 Å². The Labute approximate surface area is 148 Å². The maximum atomic E-state index is 12.4. The second-order valence-electron chi connectivity index (χ2n) is 6.23.